The van der Waals surface area contributed by atoms with Crippen molar-refractivity contribution < 1.29 is 39.8 Å². The van der Waals surface area contributed by atoms with Gasteiger partial charge in [0.1, 0.15) is 0 Å². The van der Waals surface area contributed by atoms with Gasteiger partial charge in [0.15, 0.2) is 0 Å². The standard InChI is InChI=1S/C35H64O8/c1-3-18-28(36)19-14-10-8-9-13-17-22-31(39)33-24-23-32(42-33)30(38)21-16-12-7-5-4-6-11-15-20-29(37)25-27-26-35(2,41)43-34(27)40/h26,28-33,36-39,41H,3-25H2,1-2H3. The summed E-state index contributed by atoms with van der Waals surface area (Å²) in [7, 11) is 0. The Bertz CT molecular complexity index is 769. The van der Waals surface area contributed by atoms with E-state index in [1.165, 1.54) is 38.7 Å². The van der Waals surface area contributed by atoms with Crippen LogP contribution in [-0.4, -0.2) is 73.9 Å². The van der Waals surface area contributed by atoms with E-state index in [0.29, 0.717) is 12.0 Å². The van der Waals surface area contributed by atoms with Gasteiger partial charge in [-0.1, -0.05) is 103 Å². The van der Waals surface area contributed by atoms with Crippen molar-refractivity contribution in [1.29, 1.82) is 0 Å². The zero-order chi connectivity index (χ0) is 31.5. The molecule has 1 fully saturated rings. The summed E-state index contributed by atoms with van der Waals surface area (Å²) in [6, 6.07) is 0. The number of unbranched alkanes of at least 4 members (excludes halogenated alkanes) is 12. The highest BCUT2D eigenvalue weighted by molar-refractivity contribution is 5.91. The molecule has 0 radical (unpaired) electrons. The Morgan fingerprint density at radius 1 is 0.698 bits per heavy atom. The lowest BCUT2D eigenvalue weighted by Gasteiger charge is -2.22. The molecule has 7 unspecified atom stereocenters. The highest BCUT2D eigenvalue weighted by atomic mass is 16.7. The number of cyclic esters (lactones) is 1. The number of hydrogen-bond acceptors (Lipinski definition) is 8. The Morgan fingerprint density at radius 2 is 1.12 bits per heavy atom. The number of aliphatic hydroxyl groups excluding tert-OH is 4. The third kappa shape index (κ3) is 16.7. The Labute approximate surface area is 261 Å². The second kappa shape index (κ2) is 21.7. The molecule has 0 bridgehead atoms. The Morgan fingerprint density at radius 3 is 1.53 bits per heavy atom. The topological polar surface area (TPSA) is 137 Å². The summed E-state index contributed by atoms with van der Waals surface area (Å²) >= 11 is 0. The van der Waals surface area contributed by atoms with Gasteiger partial charge < -0.3 is 35.0 Å². The molecule has 2 rings (SSSR count). The number of hydrogen-bond donors (Lipinski definition) is 5. The molecule has 1 saturated heterocycles. The lowest BCUT2D eigenvalue weighted by Crippen LogP contribution is -2.31. The minimum Gasteiger partial charge on any atom is -0.426 e. The molecule has 43 heavy (non-hydrogen) atoms. The van der Waals surface area contributed by atoms with Crippen LogP contribution in [0.3, 0.4) is 0 Å². The predicted molar refractivity (Wildman–Crippen MR) is 169 cm³/mol. The molecule has 8 nitrogen and oxygen atoms in total. The maximum Gasteiger partial charge on any atom is 0.336 e. The fraction of sp³-hybridized carbons (Fsp3) is 0.914. The van der Waals surface area contributed by atoms with Crippen molar-refractivity contribution in [3.05, 3.63) is 11.6 Å². The van der Waals surface area contributed by atoms with Gasteiger partial charge in [-0.2, -0.15) is 0 Å². The molecule has 2 aliphatic rings. The van der Waals surface area contributed by atoms with Crippen molar-refractivity contribution in [1.82, 2.24) is 0 Å². The van der Waals surface area contributed by atoms with Crippen molar-refractivity contribution in [3.8, 4) is 0 Å². The summed E-state index contributed by atoms with van der Waals surface area (Å²) in [5.74, 6) is -2.10. The Kier molecular flexibility index (Phi) is 19.2. The number of esters is 1. The van der Waals surface area contributed by atoms with Gasteiger partial charge in [0.2, 0.25) is 5.79 Å². The Balaban J connectivity index is 1.38. The molecule has 0 aromatic carbocycles. The van der Waals surface area contributed by atoms with Crippen molar-refractivity contribution >= 4 is 5.97 Å². The second-order valence-corrected chi connectivity index (χ2v) is 13.4. The fourth-order valence-corrected chi connectivity index (χ4v) is 6.50. The molecule has 252 valence electrons. The molecule has 0 spiro atoms. The minimum atomic E-state index is -1.55. The fourth-order valence-electron chi connectivity index (χ4n) is 6.50. The van der Waals surface area contributed by atoms with Crippen LogP contribution < -0.4 is 0 Å². The van der Waals surface area contributed by atoms with E-state index in [9.17, 15) is 30.3 Å². The molecule has 8 heteroatoms. The average molecular weight is 613 g/mol. The zero-order valence-corrected chi connectivity index (χ0v) is 27.3. The van der Waals surface area contributed by atoms with E-state index in [-0.39, 0.29) is 24.7 Å². The first-order chi connectivity index (χ1) is 20.6. The normalized spacial score (nSPS) is 25.0. The third-order valence-corrected chi connectivity index (χ3v) is 9.10. The quantitative estimate of drug-likeness (QED) is 0.0561. The number of carbonyl (C=O) groups excluding carboxylic acids is 1. The zero-order valence-electron chi connectivity index (χ0n) is 27.3. The minimum absolute atomic E-state index is 0.130. The van der Waals surface area contributed by atoms with Gasteiger partial charge in [-0.25, -0.2) is 4.79 Å². The van der Waals surface area contributed by atoms with E-state index in [0.717, 1.165) is 109 Å². The van der Waals surface area contributed by atoms with Crippen LogP contribution in [0.15, 0.2) is 11.6 Å². The van der Waals surface area contributed by atoms with Crippen LogP contribution in [0.25, 0.3) is 0 Å². The van der Waals surface area contributed by atoms with Crippen LogP contribution in [-0.2, 0) is 14.3 Å². The monoisotopic (exact) mass is 612 g/mol. The van der Waals surface area contributed by atoms with Gasteiger partial charge >= 0.3 is 5.97 Å². The number of carbonyl (C=O) groups is 1. The van der Waals surface area contributed by atoms with Gasteiger partial charge in [-0.3, -0.25) is 0 Å². The van der Waals surface area contributed by atoms with Crippen LogP contribution >= 0.6 is 0 Å². The second-order valence-electron chi connectivity index (χ2n) is 13.4. The molecule has 0 aliphatic carbocycles. The number of ether oxygens (including phenoxy) is 2. The molecule has 0 saturated carbocycles. The third-order valence-electron chi connectivity index (χ3n) is 9.10. The summed E-state index contributed by atoms with van der Waals surface area (Å²) in [4.78, 5) is 11.7. The average Bonchev–Trinajstić information content (AvgIpc) is 3.54. The summed E-state index contributed by atoms with van der Waals surface area (Å²) in [6.07, 6.45) is 21.8. The first kappa shape index (κ1) is 38.2. The highest BCUT2D eigenvalue weighted by Gasteiger charge is 2.35. The first-order valence-electron chi connectivity index (χ1n) is 17.7. The Hall–Kier alpha value is -1.03. The lowest BCUT2D eigenvalue weighted by molar-refractivity contribution is -0.173. The molecule has 2 aliphatic heterocycles. The van der Waals surface area contributed by atoms with Gasteiger partial charge in [0.25, 0.3) is 0 Å². The molecule has 5 N–H and O–H groups in total. The molecule has 7 atom stereocenters. The molecule has 0 aromatic rings. The highest BCUT2D eigenvalue weighted by Crippen LogP contribution is 2.29. The smallest absolute Gasteiger partial charge is 0.336 e. The largest absolute Gasteiger partial charge is 0.426 e. The van der Waals surface area contributed by atoms with E-state index in [1.807, 2.05) is 0 Å². The van der Waals surface area contributed by atoms with Crippen molar-refractivity contribution in [2.24, 2.45) is 0 Å². The molecular weight excluding hydrogens is 548 g/mol. The van der Waals surface area contributed by atoms with Crippen molar-refractivity contribution in [2.45, 2.75) is 204 Å². The first-order valence-corrected chi connectivity index (χ1v) is 17.7. The van der Waals surface area contributed by atoms with Gasteiger partial charge in [-0.05, 0) is 51.0 Å². The van der Waals surface area contributed by atoms with Crippen LogP contribution in [0, 0.1) is 0 Å². The summed E-state index contributed by atoms with van der Waals surface area (Å²) in [5.41, 5.74) is 0.350. The van der Waals surface area contributed by atoms with E-state index in [4.69, 9.17) is 9.47 Å². The number of aliphatic hydroxyl groups is 5. The molecule has 0 amide bonds. The van der Waals surface area contributed by atoms with Crippen LogP contribution in [0.2, 0.25) is 0 Å². The number of rotatable bonds is 26. The molecule has 2 heterocycles. The SMILES string of the molecule is CCCC(O)CCCCCCCCC(O)C1CCC(C(O)CCCCCCCCCCC(O)CC2=CC(C)(O)OC2=O)O1. The van der Waals surface area contributed by atoms with Crippen LogP contribution in [0.4, 0.5) is 0 Å². The molecule has 0 aromatic heterocycles. The van der Waals surface area contributed by atoms with Gasteiger partial charge in [0, 0.05) is 18.9 Å². The van der Waals surface area contributed by atoms with Crippen LogP contribution in [0.5, 0.6) is 0 Å². The predicted octanol–water partition coefficient (Wildman–Crippen LogP) is 6.38. The lowest BCUT2D eigenvalue weighted by atomic mass is 9.99. The van der Waals surface area contributed by atoms with Crippen LogP contribution in [0.1, 0.15) is 162 Å². The van der Waals surface area contributed by atoms with Gasteiger partial charge in [0.05, 0.1) is 36.6 Å². The van der Waals surface area contributed by atoms with E-state index >= 15 is 0 Å². The van der Waals surface area contributed by atoms with Crippen molar-refractivity contribution in [2.75, 3.05) is 0 Å². The summed E-state index contributed by atoms with van der Waals surface area (Å²) in [5, 5.41) is 50.9. The van der Waals surface area contributed by atoms with Gasteiger partial charge in [-0.15, -0.1) is 0 Å². The van der Waals surface area contributed by atoms with E-state index < -0.39 is 30.1 Å². The van der Waals surface area contributed by atoms with E-state index in [2.05, 4.69) is 6.92 Å². The molecular formula is C35H64O8. The van der Waals surface area contributed by atoms with Crippen molar-refractivity contribution in [3.63, 3.8) is 0 Å². The van der Waals surface area contributed by atoms with E-state index in [1.54, 1.807) is 0 Å². The maximum atomic E-state index is 11.7. The maximum absolute atomic E-state index is 11.7. The summed E-state index contributed by atoms with van der Waals surface area (Å²) < 4.78 is 10.9. The summed E-state index contributed by atoms with van der Waals surface area (Å²) in [6.45, 7) is 3.52.